The van der Waals surface area contributed by atoms with Crippen molar-refractivity contribution in [3.63, 3.8) is 0 Å². The molecule has 2 nitrogen and oxygen atoms in total. The third-order valence-electron chi connectivity index (χ3n) is 2.09. The van der Waals surface area contributed by atoms with Gasteiger partial charge in [-0.25, -0.2) is 0 Å². The van der Waals surface area contributed by atoms with Gasteiger partial charge in [0.25, 0.3) is 0 Å². The van der Waals surface area contributed by atoms with Crippen LogP contribution in [0.5, 0.6) is 5.75 Å². The smallest absolute Gasteiger partial charge is 0.119 e. The molecule has 0 saturated carbocycles. The highest BCUT2D eigenvalue weighted by Gasteiger charge is 1.96. The third kappa shape index (κ3) is 4.66. The number of allylic oxidation sites excluding steroid dienone is 1. The molecule has 0 radical (unpaired) electrons. The lowest BCUT2D eigenvalue weighted by Gasteiger charge is -2.11. The first kappa shape index (κ1) is 11.8. The molecule has 0 spiro atoms. The van der Waals surface area contributed by atoms with Crippen molar-refractivity contribution in [2.75, 3.05) is 27.2 Å². The zero-order valence-corrected chi connectivity index (χ0v) is 9.57. The van der Waals surface area contributed by atoms with Crippen LogP contribution in [-0.4, -0.2) is 32.1 Å². The Hall–Kier alpha value is -1.28. The lowest BCUT2D eigenvalue weighted by atomic mass is 10.1. The Morgan fingerprint density at radius 2 is 2.20 bits per heavy atom. The topological polar surface area (TPSA) is 12.5 Å². The van der Waals surface area contributed by atoms with Crippen LogP contribution in [0.1, 0.15) is 5.56 Å². The van der Waals surface area contributed by atoms with Crippen LogP contribution in [-0.2, 0) is 6.42 Å². The maximum Gasteiger partial charge on any atom is 0.119 e. The Bertz CT molecular complexity index is 307. The lowest BCUT2D eigenvalue weighted by Crippen LogP contribution is -2.19. The standard InChI is InChI=1S/C13H19NO/c1-4-6-12-7-5-8-13(11-12)15-10-9-14(2)3/h4-5,7-8,11H,1,6,9-10H2,2-3H3. The molecule has 0 unspecified atom stereocenters. The zero-order valence-electron chi connectivity index (χ0n) is 9.57. The summed E-state index contributed by atoms with van der Waals surface area (Å²) in [6, 6.07) is 8.16. The molecule has 0 atom stereocenters. The van der Waals surface area contributed by atoms with Crippen LogP contribution in [0.25, 0.3) is 0 Å². The second-order valence-corrected chi connectivity index (χ2v) is 3.79. The first-order valence-corrected chi connectivity index (χ1v) is 5.19. The molecule has 0 saturated heterocycles. The van der Waals surface area contributed by atoms with Crippen molar-refractivity contribution < 1.29 is 4.74 Å². The fraction of sp³-hybridized carbons (Fsp3) is 0.385. The fourth-order valence-electron chi connectivity index (χ4n) is 1.27. The van der Waals surface area contributed by atoms with Gasteiger partial charge in [0, 0.05) is 6.54 Å². The molecule has 0 heterocycles. The van der Waals surface area contributed by atoms with E-state index in [1.54, 1.807) is 0 Å². The highest BCUT2D eigenvalue weighted by molar-refractivity contribution is 5.29. The van der Waals surface area contributed by atoms with Crippen molar-refractivity contribution >= 4 is 0 Å². The summed E-state index contributed by atoms with van der Waals surface area (Å²) >= 11 is 0. The monoisotopic (exact) mass is 205 g/mol. The average molecular weight is 205 g/mol. The van der Waals surface area contributed by atoms with Gasteiger partial charge in [0.05, 0.1) is 0 Å². The number of rotatable bonds is 6. The Labute approximate surface area is 92.2 Å². The minimum atomic E-state index is 0.727. The molecule has 15 heavy (non-hydrogen) atoms. The highest BCUT2D eigenvalue weighted by Crippen LogP contribution is 2.13. The van der Waals surface area contributed by atoms with Gasteiger partial charge in [0.15, 0.2) is 0 Å². The Balaban J connectivity index is 2.46. The molecular weight excluding hydrogens is 186 g/mol. The van der Waals surface area contributed by atoms with E-state index < -0.39 is 0 Å². The molecule has 82 valence electrons. The lowest BCUT2D eigenvalue weighted by molar-refractivity contribution is 0.261. The van der Waals surface area contributed by atoms with E-state index in [0.717, 1.165) is 25.3 Å². The summed E-state index contributed by atoms with van der Waals surface area (Å²) in [5.41, 5.74) is 1.24. The summed E-state index contributed by atoms with van der Waals surface area (Å²) in [4.78, 5) is 2.10. The molecular formula is C13H19NO. The van der Waals surface area contributed by atoms with E-state index in [4.69, 9.17) is 4.74 Å². The van der Waals surface area contributed by atoms with Gasteiger partial charge >= 0.3 is 0 Å². The molecule has 0 amide bonds. The van der Waals surface area contributed by atoms with Crippen LogP contribution in [0.4, 0.5) is 0 Å². The molecule has 0 aliphatic rings. The summed E-state index contributed by atoms with van der Waals surface area (Å²) in [5.74, 6) is 0.941. The fourth-order valence-corrected chi connectivity index (χ4v) is 1.27. The quantitative estimate of drug-likeness (QED) is 0.661. The van der Waals surface area contributed by atoms with Crippen molar-refractivity contribution in [3.05, 3.63) is 42.5 Å². The minimum Gasteiger partial charge on any atom is -0.492 e. The minimum absolute atomic E-state index is 0.727. The van der Waals surface area contributed by atoms with E-state index in [0.29, 0.717) is 0 Å². The van der Waals surface area contributed by atoms with Crippen molar-refractivity contribution in [3.8, 4) is 5.75 Å². The van der Waals surface area contributed by atoms with Crippen molar-refractivity contribution in [2.24, 2.45) is 0 Å². The van der Waals surface area contributed by atoms with Crippen molar-refractivity contribution in [1.82, 2.24) is 4.90 Å². The first-order chi connectivity index (χ1) is 7.22. The summed E-state index contributed by atoms with van der Waals surface area (Å²) in [6.07, 6.45) is 2.80. The second kappa shape index (κ2) is 6.25. The van der Waals surface area contributed by atoms with E-state index in [-0.39, 0.29) is 0 Å². The van der Waals surface area contributed by atoms with Gasteiger partial charge in [-0.3, -0.25) is 0 Å². The number of nitrogens with zero attached hydrogens (tertiary/aromatic N) is 1. The molecule has 1 aromatic rings. The number of hydrogen-bond acceptors (Lipinski definition) is 2. The largest absolute Gasteiger partial charge is 0.492 e. The van der Waals surface area contributed by atoms with E-state index in [2.05, 4.69) is 23.6 Å². The molecule has 0 N–H and O–H groups in total. The van der Waals surface area contributed by atoms with Gasteiger partial charge in [-0.2, -0.15) is 0 Å². The van der Waals surface area contributed by atoms with E-state index >= 15 is 0 Å². The molecule has 0 bridgehead atoms. The molecule has 2 heteroatoms. The number of ether oxygens (including phenoxy) is 1. The summed E-state index contributed by atoms with van der Waals surface area (Å²) in [5, 5.41) is 0. The third-order valence-corrected chi connectivity index (χ3v) is 2.09. The van der Waals surface area contributed by atoms with Gasteiger partial charge in [-0.05, 0) is 38.2 Å². The van der Waals surface area contributed by atoms with Gasteiger partial charge in [-0.1, -0.05) is 18.2 Å². The molecule has 0 fully saturated rings. The normalized spacial score (nSPS) is 10.3. The summed E-state index contributed by atoms with van der Waals surface area (Å²) < 4.78 is 5.63. The van der Waals surface area contributed by atoms with Crippen molar-refractivity contribution in [1.29, 1.82) is 0 Å². The average Bonchev–Trinajstić information content (AvgIpc) is 2.18. The van der Waals surface area contributed by atoms with Crippen LogP contribution >= 0.6 is 0 Å². The van der Waals surface area contributed by atoms with Crippen LogP contribution < -0.4 is 4.74 Å². The Morgan fingerprint density at radius 1 is 1.40 bits per heavy atom. The van der Waals surface area contributed by atoms with Crippen LogP contribution in [0.15, 0.2) is 36.9 Å². The van der Waals surface area contributed by atoms with Crippen molar-refractivity contribution in [2.45, 2.75) is 6.42 Å². The van der Waals surface area contributed by atoms with Gasteiger partial charge in [0.2, 0.25) is 0 Å². The SMILES string of the molecule is C=CCc1cccc(OCCN(C)C)c1. The van der Waals surface area contributed by atoms with E-state index in [9.17, 15) is 0 Å². The second-order valence-electron chi connectivity index (χ2n) is 3.79. The first-order valence-electron chi connectivity index (χ1n) is 5.19. The number of benzene rings is 1. The van der Waals surface area contributed by atoms with Crippen LogP contribution in [0.3, 0.4) is 0 Å². The number of hydrogen-bond donors (Lipinski definition) is 0. The molecule has 0 aliphatic carbocycles. The maximum absolute atomic E-state index is 5.63. The molecule has 1 aromatic carbocycles. The van der Waals surface area contributed by atoms with Gasteiger partial charge in [-0.15, -0.1) is 6.58 Å². The van der Waals surface area contributed by atoms with E-state index in [1.807, 2.05) is 32.3 Å². The highest BCUT2D eigenvalue weighted by atomic mass is 16.5. The zero-order chi connectivity index (χ0) is 11.1. The molecule has 0 aromatic heterocycles. The number of likely N-dealkylation sites (N-methyl/N-ethyl adjacent to an activating group) is 1. The Morgan fingerprint density at radius 3 is 2.87 bits per heavy atom. The Kier molecular flexibility index (Phi) is 4.91. The predicted molar refractivity (Wildman–Crippen MR) is 64.4 cm³/mol. The van der Waals surface area contributed by atoms with E-state index in [1.165, 1.54) is 5.56 Å². The van der Waals surface area contributed by atoms with Crippen LogP contribution in [0.2, 0.25) is 0 Å². The van der Waals surface area contributed by atoms with Crippen LogP contribution in [0, 0.1) is 0 Å². The predicted octanol–water partition coefficient (Wildman–Crippen LogP) is 2.36. The summed E-state index contributed by atoms with van der Waals surface area (Å²) in [7, 11) is 4.08. The summed E-state index contributed by atoms with van der Waals surface area (Å²) in [6.45, 7) is 5.39. The van der Waals surface area contributed by atoms with Gasteiger partial charge in [0.1, 0.15) is 12.4 Å². The van der Waals surface area contributed by atoms with Gasteiger partial charge < -0.3 is 9.64 Å². The molecule has 0 aliphatic heterocycles. The molecule has 1 rings (SSSR count). The maximum atomic E-state index is 5.63.